The Morgan fingerprint density at radius 2 is 1.58 bits per heavy atom. The molecular formula is C20H23NO4S. The van der Waals surface area contributed by atoms with Gasteiger partial charge in [-0.2, -0.15) is 0 Å². The molecule has 0 heterocycles. The molecule has 0 fully saturated rings. The molecule has 0 aromatic heterocycles. The lowest BCUT2D eigenvalue weighted by Gasteiger charge is -2.17. The fraction of sp³-hybridized carbons (Fsp3) is 0.300. The van der Waals surface area contributed by atoms with Crippen LogP contribution in [0.4, 0.5) is 0 Å². The van der Waals surface area contributed by atoms with Crippen molar-refractivity contribution in [3.8, 4) is 0 Å². The summed E-state index contributed by atoms with van der Waals surface area (Å²) in [6, 6.07) is 14.4. The van der Waals surface area contributed by atoms with E-state index >= 15 is 0 Å². The largest absolute Gasteiger partial charge is 0.452 e. The normalized spacial score (nSPS) is 11.7. The van der Waals surface area contributed by atoms with E-state index in [-0.39, 0.29) is 12.5 Å². The maximum atomic E-state index is 12.2. The molecule has 6 heteroatoms. The van der Waals surface area contributed by atoms with Crippen LogP contribution in [0.1, 0.15) is 28.4 Å². The summed E-state index contributed by atoms with van der Waals surface area (Å²) in [6.07, 6.45) is 2.54. The SMILES string of the molecule is CCc1ccc(CN(C)C(=O)COC(=O)c2ccc(S(C)=O)cc2)cc1. The maximum absolute atomic E-state index is 12.2. The number of benzene rings is 2. The lowest BCUT2D eigenvalue weighted by molar-refractivity contribution is -0.133. The molecule has 0 aliphatic carbocycles. The molecule has 0 saturated heterocycles. The van der Waals surface area contributed by atoms with Crippen molar-refractivity contribution >= 4 is 22.7 Å². The standard InChI is InChI=1S/C20H23NO4S/c1-4-15-5-7-16(8-6-15)13-21(2)19(22)14-25-20(23)17-9-11-18(12-10-17)26(3)24/h5-12H,4,13-14H2,1-3H3. The van der Waals surface area contributed by atoms with Gasteiger partial charge in [0.2, 0.25) is 0 Å². The Morgan fingerprint density at radius 1 is 1.00 bits per heavy atom. The van der Waals surface area contributed by atoms with Gasteiger partial charge in [0, 0.05) is 35.5 Å². The van der Waals surface area contributed by atoms with E-state index in [1.165, 1.54) is 10.5 Å². The molecule has 0 radical (unpaired) electrons. The van der Waals surface area contributed by atoms with Gasteiger partial charge in [0.05, 0.1) is 5.56 Å². The molecule has 2 rings (SSSR count). The molecule has 2 aromatic carbocycles. The van der Waals surface area contributed by atoms with Gasteiger partial charge in [-0.15, -0.1) is 0 Å². The van der Waals surface area contributed by atoms with Crippen LogP contribution >= 0.6 is 0 Å². The van der Waals surface area contributed by atoms with E-state index in [4.69, 9.17) is 4.74 Å². The molecule has 1 amide bonds. The highest BCUT2D eigenvalue weighted by molar-refractivity contribution is 7.84. The van der Waals surface area contributed by atoms with E-state index in [2.05, 4.69) is 6.92 Å². The lowest BCUT2D eigenvalue weighted by atomic mass is 10.1. The maximum Gasteiger partial charge on any atom is 0.338 e. The number of hydrogen-bond donors (Lipinski definition) is 0. The van der Waals surface area contributed by atoms with Crippen LogP contribution in [0.2, 0.25) is 0 Å². The molecule has 26 heavy (non-hydrogen) atoms. The van der Waals surface area contributed by atoms with Crippen molar-refractivity contribution in [3.05, 3.63) is 65.2 Å². The summed E-state index contributed by atoms with van der Waals surface area (Å²) < 4.78 is 16.4. The number of carbonyl (C=O) groups is 2. The molecule has 1 unspecified atom stereocenters. The van der Waals surface area contributed by atoms with Crippen LogP contribution in [-0.4, -0.2) is 40.9 Å². The molecule has 0 aliphatic heterocycles. The van der Waals surface area contributed by atoms with Crippen molar-refractivity contribution in [1.82, 2.24) is 4.90 Å². The molecule has 5 nitrogen and oxygen atoms in total. The number of hydrogen-bond acceptors (Lipinski definition) is 4. The summed E-state index contributed by atoms with van der Waals surface area (Å²) in [5.41, 5.74) is 2.59. The Hall–Kier alpha value is -2.47. The first kappa shape index (κ1) is 19.8. The highest BCUT2D eigenvalue weighted by Gasteiger charge is 2.14. The third-order valence-corrected chi connectivity index (χ3v) is 4.96. The predicted octanol–water partition coefficient (Wildman–Crippen LogP) is 2.80. The van der Waals surface area contributed by atoms with Crippen molar-refractivity contribution in [2.24, 2.45) is 0 Å². The monoisotopic (exact) mass is 373 g/mol. The van der Waals surface area contributed by atoms with Gasteiger partial charge in [0.15, 0.2) is 6.61 Å². The van der Waals surface area contributed by atoms with Crippen LogP contribution < -0.4 is 0 Å². The van der Waals surface area contributed by atoms with E-state index < -0.39 is 16.8 Å². The Labute approximate surface area is 156 Å². The molecular weight excluding hydrogens is 350 g/mol. The molecule has 1 atom stereocenters. The molecule has 0 saturated carbocycles. The average molecular weight is 373 g/mol. The summed E-state index contributed by atoms with van der Waals surface area (Å²) in [4.78, 5) is 26.3. The zero-order valence-corrected chi connectivity index (χ0v) is 16.0. The number of rotatable bonds is 7. The molecule has 0 spiro atoms. The van der Waals surface area contributed by atoms with E-state index in [0.717, 1.165) is 12.0 Å². The van der Waals surface area contributed by atoms with Gasteiger partial charge >= 0.3 is 5.97 Å². The number of esters is 1. The minimum Gasteiger partial charge on any atom is -0.452 e. The Kier molecular flexibility index (Phi) is 7.09. The van der Waals surface area contributed by atoms with E-state index in [1.54, 1.807) is 37.6 Å². The number of likely N-dealkylation sites (N-methyl/N-ethyl adjacent to an activating group) is 1. The number of nitrogens with zero attached hydrogens (tertiary/aromatic N) is 1. The average Bonchev–Trinajstić information content (AvgIpc) is 2.66. The van der Waals surface area contributed by atoms with Crippen LogP contribution in [0.3, 0.4) is 0 Å². The van der Waals surface area contributed by atoms with Crippen molar-refractivity contribution in [3.63, 3.8) is 0 Å². The fourth-order valence-corrected chi connectivity index (χ4v) is 2.87. The molecule has 0 N–H and O–H groups in total. The van der Waals surface area contributed by atoms with Crippen molar-refractivity contribution < 1.29 is 18.5 Å². The minimum atomic E-state index is -1.10. The van der Waals surface area contributed by atoms with Gasteiger partial charge in [-0.25, -0.2) is 4.79 Å². The molecule has 0 bridgehead atoms. The van der Waals surface area contributed by atoms with Crippen LogP contribution in [-0.2, 0) is 33.3 Å². The van der Waals surface area contributed by atoms with Gasteiger partial charge in [0.25, 0.3) is 5.91 Å². The first-order valence-electron chi connectivity index (χ1n) is 8.33. The van der Waals surface area contributed by atoms with Gasteiger partial charge in [-0.05, 0) is 41.8 Å². The van der Waals surface area contributed by atoms with Gasteiger partial charge in [-0.3, -0.25) is 9.00 Å². The zero-order valence-electron chi connectivity index (χ0n) is 15.2. The summed E-state index contributed by atoms with van der Waals surface area (Å²) in [6.45, 7) is 2.23. The van der Waals surface area contributed by atoms with Crippen molar-refractivity contribution in [1.29, 1.82) is 0 Å². The van der Waals surface area contributed by atoms with Gasteiger partial charge < -0.3 is 9.64 Å². The molecule has 2 aromatic rings. The summed E-state index contributed by atoms with van der Waals surface area (Å²) >= 11 is 0. The first-order chi connectivity index (χ1) is 12.4. The van der Waals surface area contributed by atoms with Gasteiger partial charge in [-0.1, -0.05) is 31.2 Å². The number of ether oxygens (including phenoxy) is 1. The highest BCUT2D eigenvalue weighted by Crippen LogP contribution is 2.10. The molecule has 138 valence electrons. The number of amides is 1. The van der Waals surface area contributed by atoms with Crippen LogP contribution in [0.5, 0.6) is 0 Å². The second kappa shape index (κ2) is 9.29. The Bertz CT molecular complexity index is 784. The van der Waals surface area contributed by atoms with Crippen LogP contribution in [0.25, 0.3) is 0 Å². The zero-order chi connectivity index (χ0) is 19.1. The van der Waals surface area contributed by atoms with E-state index in [9.17, 15) is 13.8 Å². The smallest absolute Gasteiger partial charge is 0.338 e. The third-order valence-electron chi connectivity index (χ3n) is 4.03. The summed E-state index contributed by atoms with van der Waals surface area (Å²) in [5, 5.41) is 0. The summed E-state index contributed by atoms with van der Waals surface area (Å²) in [5.74, 6) is -0.850. The Balaban J connectivity index is 1.86. The second-order valence-corrected chi connectivity index (χ2v) is 7.35. The predicted molar refractivity (Wildman–Crippen MR) is 101 cm³/mol. The first-order valence-corrected chi connectivity index (χ1v) is 9.89. The van der Waals surface area contributed by atoms with Crippen LogP contribution in [0.15, 0.2) is 53.4 Å². The third kappa shape index (κ3) is 5.52. The molecule has 0 aliphatic rings. The Morgan fingerprint density at radius 3 is 2.12 bits per heavy atom. The summed E-state index contributed by atoms with van der Waals surface area (Å²) in [7, 11) is 0.573. The van der Waals surface area contributed by atoms with E-state index in [1.807, 2.05) is 24.3 Å². The topological polar surface area (TPSA) is 63.7 Å². The second-order valence-electron chi connectivity index (χ2n) is 5.97. The van der Waals surface area contributed by atoms with Crippen molar-refractivity contribution in [2.75, 3.05) is 19.9 Å². The fourth-order valence-electron chi connectivity index (χ4n) is 2.35. The number of aryl methyl sites for hydroxylation is 1. The van der Waals surface area contributed by atoms with Crippen LogP contribution in [0, 0.1) is 0 Å². The number of carbonyl (C=O) groups excluding carboxylic acids is 2. The minimum absolute atomic E-state index is 0.274. The lowest BCUT2D eigenvalue weighted by Crippen LogP contribution is -2.30. The van der Waals surface area contributed by atoms with Gasteiger partial charge in [0.1, 0.15) is 0 Å². The highest BCUT2D eigenvalue weighted by atomic mass is 32.2. The van der Waals surface area contributed by atoms with Crippen molar-refractivity contribution in [2.45, 2.75) is 24.8 Å². The quantitative estimate of drug-likeness (QED) is 0.700. The van der Waals surface area contributed by atoms with E-state index in [0.29, 0.717) is 17.0 Å².